The van der Waals surface area contributed by atoms with Gasteiger partial charge in [-0.05, 0) is 18.9 Å². The maximum Gasteiger partial charge on any atom is 0.233 e. The second-order valence-corrected chi connectivity index (χ2v) is 5.57. The number of carbonyl (C=O) groups is 1. The number of pyridine rings is 1. The SMILES string of the molecule is CCCOCCCN1C(=O)CSC1c1cccnc1. The van der Waals surface area contributed by atoms with Crippen molar-refractivity contribution in [1.29, 1.82) is 0 Å². The van der Waals surface area contributed by atoms with Crippen molar-refractivity contribution in [3.8, 4) is 0 Å². The summed E-state index contributed by atoms with van der Waals surface area (Å²) < 4.78 is 5.46. The molecule has 4 nitrogen and oxygen atoms in total. The van der Waals surface area contributed by atoms with Gasteiger partial charge < -0.3 is 9.64 Å². The van der Waals surface area contributed by atoms with Crippen LogP contribution < -0.4 is 0 Å². The average Bonchev–Trinajstić information content (AvgIpc) is 2.81. The van der Waals surface area contributed by atoms with E-state index < -0.39 is 0 Å². The first kappa shape index (κ1) is 14.3. The number of amides is 1. The second kappa shape index (κ2) is 7.50. The van der Waals surface area contributed by atoms with Crippen LogP contribution in [0.3, 0.4) is 0 Å². The summed E-state index contributed by atoms with van der Waals surface area (Å²) >= 11 is 1.68. The summed E-state index contributed by atoms with van der Waals surface area (Å²) in [5.74, 6) is 0.782. The highest BCUT2D eigenvalue weighted by molar-refractivity contribution is 8.00. The molecule has 1 aromatic heterocycles. The first-order chi connectivity index (χ1) is 9.33. The van der Waals surface area contributed by atoms with Gasteiger partial charge in [0.05, 0.1) is 5.75 Å². The smallest absolute Gasteiger partial charge is 0.233 e. The van der Waals surface area contributed by atoms with Gasteiger partial charge in [-0.25, -0.2) is 0 Å². The Morgan fingerprint density at radius 2 is 2.42 bits per heavy atom. The number of thioether (sulfide) groups is 1. The summed E-state index contributed by atoms with van der Waals surface area (Å²) in [7, 11) is 0. The molecule has 1 aromatic rings. The van der Waals surface area contributed by atoms with Crippen LogP contribution in [-0.4, -0.2) is 41.3 Å². The molecule has 0 radical (unpaired) electrons. The first-order valence-electron chi connectivity index (χ1n) is 6.71. The highest BCUT2D eigenvalue weighted by Crippen LogP contribution is 2.38. The van der Waals surface area contributed by atoms with Crippen LogP contribution >= 0.6 is 11.8 Å². The minimum atomic E-state index is 0.118. The van der Waals surface area contributed by atoms with Gasteiger partial charge >= 0.3 is 0 Å². The molecule has 2 heterocycles. The molecule has 0 aliphatic carbocycles. The summed E-state index contributed by atoms with van der Waals surface area (Å²) in [6.07, 6.45) is 5.53. The van der Waals surface area contributed by atoms with E-state index in [4.69, 9.17) is 4.74 Å². The molecule has 2 rings (SSSR count). The molecule has 0 saturated carbocycles. The Labute approximate surface area is 118 Å². The van der Waals surface area contributed by atoms with Crippen LogP contribution in [0.4, 0.5) is 0 Å². The molecule has 1 amide bonds. The van der Waals surface area contributed by atoms with E-state index in [0.717, 1.165) is 38.2 Å². The predicted octanol–water partition coefficient (Wildman–Crippen LogP) is 2.47. The molecule has 1 aliphatic rings. The van der Waals surface area contributed by atoms with Crippen molar-refractivity contribution >= 4 is 17.7 Å². The summed E-state index contributed by atoms with van der Waals surface area (Å²) in [6.45, 7) is 4.38. The lowest BCUT2D eigenvalue weighted by Gasteiger charge is -2.23. The Kier molecular flexibility index (Phi) is 5.66. The molecule has 104 valence electrons. The van der Waals surface area contributed by atoms with Gasteiger partial charge in [0, 0.05) is 37.7 Å². The van der Waals surface area contributed by atoms with Gasteiger partial charge in [-0.2, -0.15) is 0 Å². The maximum atomic E-state index is 11.9. The van der Waals surface area contributed by atoms with Crippen molar-refractivity contribution in [2.45, 2.75) is 25.1 Å². The fraction of sp³-hybridized carbons (Fsp3) is 0.571. The number of ether oxygens (including phenoxy) is 1. The molecule has 0 N–H and O–H groups in total. The summed E-state index contributed by atoms with van der Waals surface area (Å²) in [5, 5.41) is 0.118. The van der Waals surface area contributed by atoms with Crippen molar-refractivity contribution in [1.82, 2.24) is 9.88 Å². The Morgan fingerprint density at radius 3 is 3.16 bits per heavy atom. The summed E-state index contributed by atoms with van der Waals surface area (Å²) in [6, 6.07) is 3.95. The fourth-order valence-electron chi connectivity index (χ4n) is 2.08. The molecule has 1 fully saturated rings. The van der Waals surface area contributed by atoms with Gasteiger partial charge in [0.1, 0.15) is 5.37 Å². The Hall–Kier alpha value is -1.07. The minimum Gasteiger partial charge on any atom is -0.381 e. The van der Waals surface area contributed by atoms with Gasteiger partial charge in [0.15, 0.2) is 0 Å². The minimum absolute atomic E-state index is 0.118. The monoisotopic (exact) mass is 280 g/mol. The average molecular weight is 280 g/mol. The highest BCUT2D eigenvalue weighted by Gasteiger charge is 2.32. The van der Waals surface area contributed by atoms with E-state index in [1.54, 1.807) is 18.0 Å². The lowest BCUT2D eigenvalue weighted by atomic mass is 10.2. The normalized spacial score (nSPS) is 19.1. The molecule has 1 atom stereocenters. The summed E-state index contributed by atoms with van der Waals surface area (Å²) in [4.78, 5) is 18.0. The molecule has 5 heteroatoms. The van der Waals surface area contributed by atoms with Crippen LogP contribution in [0.1, 0.15) is 30.7 Å². The zero-order valence-electron chi connectivity index (χ0n) is 11.2. The fourth-order valence-corrected chi connectivity index (χ4v) is 3.28. The van der Waals surface area contributed by atoms with E-state index >= 15 is 0 Å². The standard InChI is InChI=1S/C14H20N2O2S/c1-2-8-18-9-4-7-16-13(17)11-19-14(16)12-5-3-6-15-10-12/h3,5-6,10,14H,2,4,7-9,11H2,1H3. The van der Waals surface area contributed by atoms with E-state index in [1.165, 1.54) is 0 Å². The maximum absolute atomic E-state index is 11.9. The first-order valence-corrected chi connectivity index (χ1v) is 7.76. The number of rotatable bonds is 7. The van der Waals surface area contributed by atoms with Crippen LogP contribution in [0.5, 0.6) is 0 Å². The molecule has 0 aromatic carbocycles. The molecule has 1 unspecified atom stereocenters. The van der Waals surface area contributed by atoms with Crippen molar-refractivity contribution < 1.29 is 9.53 Å². The Morgan fingerprint density at radius 1 is 1.53 bits per heavy atom. The molecule has 1 saturated heterocycles. The van der Waals surface area contributed by atoms with Crippen molar-refractivity contribution in [3.05, 3.63) is 30.1 Å². The van der Waals surface area contributed by atoms with E-state index in [0.29, 0.717) is 5.75 Å². The van der Waals surface area contributed by atoms with E-state index in [2.05, 4.69) is 11.9 Å². The largest absolute Gasteiger partial charge is 0.381 e. The lowest BCUT2D eigenvalue weighted by Crippen LogP contribution is -2.30. The molecular weight excluding hydrogens is 260 g/mol. The third-order valence-electron chi connectivity index (χ3n) is 2.97. The Balaban J connectivity index is 1.87. The van der Waals surface area contributed by atoms with Gasteiger partial charge in [-0.1, -0.05) is 13.0 Å². The van der Waals surface area contributed by atoms with E-state index in [1.807, 2.05) is 23.2 Å². The molecule has 1 aliphatic heterocycles. The van der Waals surface area contributed by atoms with Crippen molar-refractivity contribution in [2.75, 3.05) is 25.5 Å². The van der Waals surface area contributed by atoms with Gasteiger partial charge in [0.25, 0.3) is 0 Å². The van der Waals surface area contributed by atoms with Crippen LogP contribution in [0, 0.1) is 0 Å². The van der Waals surface area contributed by atoms with Crippen LogP contribution in [0.2, 0.25) is 0 Å². The number of hydrogen-bond acceptors (Lipinski definition) is 4. The zero-order chi connectivity index (χ0) is 13.5. The number of hydrogen-bond donors (Lipinski definition) is 0. The molecule has 0 spiro atoms. The highest BCUT2D eigenvalue weighted by atomic mass is 32.2. The quantitative estimate of drug-likeness (QED) is 0.720. The van der Waals surface area contributed by atoms with Gasteiger partial charge in [-0.15, -0.1) is 11.8 Å². The third kappa shape index (κ3) is 3.94. The Bertz CT molecular complexity index is 400. The summed E-state index contributed by atoms with van der Waals surface area (Å²) in [5.41, 5.74) is 1.10. The van der Waals surface area contributed by atoms with Crippen LogP contribution in [-0.2, 0) is 9.53 Å². The van der Waals surface area contributed by atoms with E-state index in [-0.39, 0.29) is 11.3 Å². The van der Waals surface area contributed by atoms with Crippen molar-refractivity contribution in [3.63, 3.8) is 0 Å². The van der Waals surface area contributed by atoms with Gasteiger partial charge in [-0.3, -0.25) is 9.78 Å². The van der Waals surface area contributed by atoms with Crippen LogP contribution in [0.15, 0.2) is 24.5 Å². The molecule has 0 bridgehead atoms. The topological polar surface area (TPSA) is 42.4 Å². The van der Waals surface area contributed by atoms with Gasteiger partial charge in [0.2, 0.25) is 5.91 Å². The number of nitrogens with zero attached hydrogens (tertiary/aromatic N) is 2. The molecular formula is C14H20N2O2S. The zero-order valence-corrected chi connectivity index (χ0v) is 12.1. The van der Waals surface area contributed by atoms with Crippen LogP contribution in [0.25, 0.3) is 0 Å². The van der Waals surface area contributed by atoms with E-state index in [9.17, 15) is 4.79 Å². The van der Waals surface area contributed by atoms with Crippen molar-refractivity contribution in [2.24, 2.45) is 0 Å². The lowest BCUT2D eigenvalue weighted by molar-refractivity contribution is -0.128. The number of carbonyl (C=O) groups excluding carboxylic acids is 1. The number of aromatic nitrogens is 1. The molecule has 19 heavy (non-hydrogen) atoms. The third-order valence-corrected chi connectivity index (χ3v) is 4.23. The second-order valence-electron chi connectivity index (χ2n) is 4.50. The predicted molar refractivity (Wildman–Crippen MR) is 76.9 cm³/mol.